The zero-order chi connectivity index (χ0) is 19.5. The lowest BCUT2D eigenvalue weighted by Crippen LogP contribution is -2.17. The van der Waals surface area contributed by atoms with E-state index in [4.69, 9.17) is 14.2 Å². The van der Waals surface area contributed by atoms with Crippen LogP contribution < -0.4 is 19.6 Å². The van der Waals surface area contributed by atoms with E-state index in [2.05, 4.69) is 30.5 Å². The maximum Gasteiger partial charge on any atom is 0.271 e. The van der Waals surface area contributed by atoms with E-state index in [1.54, 1.807) is 18.3 Å². The SMILES string of the molecule is COc1cc(C(=O)NN=CC=C(C)CCC=C(C)C)cc(OC)c1OC. The van der Waals surface area contributed by atoms with Crippen molar-refractivity contribution in [2.24, 2.45) is 5.10 Å². The second-order valence-corrected chi connectivity index (χ2v) is 5.97. The third-order valence-corrected chi connectivity index (χ3v) is 3.62. The number of allylic oxidation sites excluding steroid dienone is 4. The summed E-state index contributed by atoms with van der Waals surface area (Å²) < 4.78 is 15.7. The van der Waals surface area contributed by atoms with Crippen LogP contribution in [-0.4, -0.2) is 33.5 Å². The molecule has 0 radical (unpaired) electrons. The van der Waals surface area contributed by atoms with Crippen LogP contribution in [-0.2, 0) is 0 Å². The van der Waals surface area contributed by atoms with Crippen LogP contribution in [0.5, 0.6) is 17.2 Å². The van der Waals surface area contributed by atoms with Crippen LogP contribution in [0.4, 0.5) is 0 Å². The molecule has 26 heavy (non-hydrogen) atoms. The molecule has 1 aromatic carbocycles. The molecule has 0 unspecified atom stereocenters. The Kier molecular flexibility index (Phi) is 8.98. The summed E-state index contributed by atoms with van der Waals surface area (Å²) in [7, 11) is 4.51. The van der Waals surface area contributed by atoms with E-state index < -0.39 is 0 Å². The molecule has 6 nitrogen and oxygen atoms in total. The van der Waals surface area contributed by atoms with Crippen LogP contribution in [0.1, 0.15) is 44.0 Å². The van der Waals surface area contributed by atoms with Crippen molar-refractivity contribution in [3.05, 3.63) is 41.0 Å². The molecule has 1 amide bonds. The summed E-state index contributed by atoms with van der Waals surface area (Å²) in [6.07, 6.45) is 7.61. The third kappa shape index (κ3) is 6.63. The van der Waals surface area contributed by atoms with E-state index in [0.717, 1.165) is 12.8 Å². The van der Waals surface area contributed by atoms with Crippen LogP contribution in [0.2, 0.25) is 0 Å². The zero-order valence-corrected chi connectivity index (χ0v) is 16.4. The van der Waals surface area contributed by atoms with Gasteiger partial charge in [0, 0.05) is 11.8 Å². The summed E-state index contributed by atoms with van der Waals surface area (Å²) >= 11 is 0. The molecule has 0 aliphatic carbocycles. The number of nitrogens with zero attached hydrogens (tertiary/aromatic N) is 1. The van der Waals surface area contributed by atoms with Gasteiger partial charge in [0.2, 0.25) is 5.75 Å². The smallest absolute Gasteiger partial charge is 0.271 e. The Labute approximate surface area is 155 Å². The minimum Gasteiger partial charge on any atom is -0.493 e. The fourth-order valence-electron chi connectivity index (χ4n) is 2.21. The van der Waals surface area contributed by atoms with Crippen molar-refractivity contribution in [1.82, 2.24) is 5.43 Å². The standard InChI is InChI=1S/C20H28N2O4/c1-14(2)8-7-9-15(3)10-11-21-22-20(23)16-12-17(24-4)19(26-6)18(13-16)25-5/h8,10-13H,7,9H2,1-6H3,(H,22,23). The Bertz CT molecular complexity index is 677. The summed E-state index contributed by atoms with van der Waals surface area (Å²) in [5.74, 6) is 0.896. The molecular weight excluding hydrogens is 332 g/mol. The van der Waals surface area contributed by atoms with E-state index in [1.165, 1.54) is 32.5 Å². The Morgan fingerprint density at radius 3 is 2.19 bits per heavy atom. The van der Waals surface area contributed by atoms with Gasteiger partial charge in [0.05, 0.1) is 21.3 Å². The number of rotatable bonds is 9. The average Bonchev–Trinajstić information content (AvgIpc) is 2.63. The summed E-state index contributed by atoms with van der Waals surface area (Å²) in [6.45, 7) is 6.20. The van der Waals surface area contributed by atoms with Crippen molar-refractivity contribution in [2.45, 2.75) is 33.6 Å². The second-order valence-electron chi connectivity index (χ2n) is 5.97. The van der Waals surface area contributed by atoms with Gasteiger partial charge < -0.3 is 14.2 Å². The highest BCUT2D eigenvalue weighted by molar-refractivity contribution is 5.96. The zero-order valence-electron chi connectivity index (χ0n) is 16.4. The number of hydrogen-bond donors (Lipinski definition) is 1. The number of ether oxygens (including phenoxy) is 3. The topological polar surface area (TPSA) is 69.2 Å². The third-order valence-electron chi connectivity index (χ3n) is 3.62. The molecule has 0 saturated carbocycles. The van der Waals surface area contributed by atoms with Crippen molar-refractivity contribution >= 4 is 12.1 Å². The largest absolute Gasteiger partial charge is 0.493 e. The number of carbonyl (C=O) groups excluding carboxylic acids is 1. The van der Waals surface area contributed by atoms with Gasteiger partial charge in [-0.2, -0.15) is 5.10 Å². The molecule has 1 N–H and O–H groups in total. The molecule has 0 bridgehead atoms. The van der Waals surface area contributed by atoms with Gasteiger partial charge in [-0.15, -0.1) is 0 Å². The quantitative estimate of drug-likeness (QED) is 0.408. The molecular formula is C20H28N2O4. The van der Waals surface area contributed by atoms with Crippen LogP contribution in [0.3, 0.4) is 0 Å². The van der Waals surface area contributed by atoms with Gasteiger partial charge in [0.15, 0.2) is 11.5 Å². The maximum atomic E-state index is 12.3. The summed E-state index contributed by atoms with van der Waals surface area (Å²) in [5, 5.41) is 3.96. The highest BCUT2D eigenvalue weighted by Crippen LogP contribution is 2.38. The molecule has 0 aliphatic heterocycles. The number of hydrogen-bond acceptors (Lipinski definition) is 5. The number of benzene rings is 1. The molecule has 1 aromatic rings. The molecule has 0 heterocycles. The van der Waals surface area contributed by atoms with Gasteiger partial charge in [-0.1, -0.05) is 17.2 Å². The Morgan fingerprint density at radius 2 is 1.69 bits per heavy atom. The number of nitrogens with one attached hydrogen (secondary N) is 1. The minimum absolute atomic E-state index is 0.362. The fourth-order valence-corrected chi connectivity index (χ4v) is 2.21. The van der Waals surface area contributed by atoms with Crippen LogP contribution in [0, 0.1) is 0 Å². The van der Waals surface area contributed by atoms with Gasteiger partial charge in [0.25, 0.3) is 5.91 Å². The molecule has 0 atom stereocenters. The molecule has 0 spiro atoms. The number of amides is 1. The van der Waals surface area contributed by atoms with Crippen molar-refractivity contribution in [1.29, 1.82) is 0 Å². The predicted octanol–water partition coefficient (Wildman–Crippen LogP) is 4.12. The Balaban J connectivity index is 2.75. The van der Waals surface area contributed by atoms with Crippen molar-refractivity contribution in [3.63, 3.8) is 0 Å². The Hall–Kier alpha value is -2.76. The summed E-state index contributed by atoms with van der Waals surface area (Å²) in [4.78, 5) is 12.3. The first kappa shape index (κ1) is 21.3. The molecule has 6 heteroatoms. The number of methoxy groups -OCH3 is 3. The van der Waals surface area contributed by atoms with Crippen LogP contribution >= 0.6 is 0 Å². The molecule has 142 valence electrons. The highest BCUT2D eigenvalue weighted by atomic mass is 16.5. The van der Waals surface area contributed by atoms with Crippen LogP contribution in [0.15, 0.2) is 40.5 Å². The first-order valence-corrected chi connectivity index (χ1v) is 8.35. The van der Waals surface area contributed by atoms with Crippen LogP contribution in [0.25, 0.3) is 0 Å². The van der Waals surface area contributed by atoms with Crippen molar-refractivity contribution in [2.75, 3.05) is 21.3 Å². The van der Waals surface area contributed by atoms with Gasteiger partial charge >= 0.3 is 0 Å². The van der Waals surface area contributed by atoms with Gasteiger partial charge in [0.1, 0.15) is 0 Å². The first-order chi connectivity index (χ1) is 12.4. The molecule has 1 rings (SSSR count). The van der Waals surface area contributed by atoms with E-state index in [1.807, 2.05) is 13.0 Å². The number of hydrazone groups is 1. The maximum absolute atomic E-state index is 12.3. The monoisotopic (exact) mass is 360 g/mol. The van der Waals surface area contributed by atoms with E-state index in [0.29, 0.717) is 22.8 Å². The lowest BCUT2D eigenvalue weighted by molar-refractivity contribution is 0.0954. The van der Waals surface area contributed by atoms with Crippen molar-refractivity contribution in [3.8, 4) is 17.2 Å². The van der Waals surface area contributed by atoms with E-state index in [-0.39, 0.29) is 5.91 Å². The summed E-state index contributed by atoms with van der Waals surface area (Å²) in [6, 6.07) is 3.15. The summed E-state index contributed by atoms with van der Waals surface area (Å²) in [5.41, 5.74) is 5.35. The van der Waals surface area contributed by atoms with E-state index >= 15 is 0 Å². The molecule has 0 saturated heterocycles. The fraction of sp³-hybridized carbons (Fsp3) is 0.400. The lowest BCUT2D eigenvalue weighted by Gasteiger charge is -2.13. The average molecular weight is 360 g/mol. The lowest BCUT2D eigenvalue weighted by atomic mass is 10.1. The minimum atomic E-state index is -0.365. The van der Waals surface area contributed by atoms with Gasteiger partial charge in [-0.25, -0.2) is 5.43 Å². The number of carbonyl (C=O) groups is 1. The van der Waals surface area contributed by atoms with E-state index in [9.17, 15) is 4.79 Å². The molecule has 0 aromatic heterocycles. The second kappa shape index (κ2) is 11.0. The Morgan fingerprint density at radius 1 is 1.08 bits per heavy atom. The van der Waals surface area contributed by atoms with Gasteiger partial charge in [-0.3, -0.25) is 4.79 Å². The predicted molar refractivity (Wildman–Crippen MR) is 104 cm³/mol. The van der Waals surface area contributed by atoms with Crippen molar-refractivity contribution < 1.29 is 19.0 Å². The first-order valence-electron chi connectivity index (χ1n) is 8.35. The molecule has 0 aliphatic rings. The van der Waals surface area contributed by atoms with Gasteiger partial charge in [-0.05, 0) is 51.8 Å². The normalized spacial score (nSPS) is 11.2. The highest BCUT2D eigenvalue weighted by Gasteiger charge is 2.16. The molecule has 0 fully saturated rings.